The molecule has 1 aliphatic carbocycles. The summed E-state index contributed by atoms with van der Waals surface area (Å²) >= 11 is 0. The van der Waals surface area contributed by atoms with Crippen LogP contribution in [0.25, 0.3) is 0 Å². The molecule has 1 aliphatic heterocycles. The number of hydrogen-bond acceptors (Lipinski definition) is 5. The first-order chi connectivity index (χ1) is 11.6. The third-order valence-corrected chi connectivity index (χ3v) is 4.90. The predicted molar refractivity (Wildman–Crippen MR) is 99.1 cm³/mol. The number of likely N-dealkylation sites (tertiary alicyclic amines) is 1. The molecule has 0 radical (unpaired) electrons. The number of carbonyl (C=O) groups is 1. The van der Waals surface area contributed by atoms with Crippen LogP contribution in [0.4, 0.5) is 0 Å². The SMILES string of the molecule is COCC(N)C(=O)NC1CCN(C2CC2)C1c1cccc(OC)c1.Cl. The lowest BCUT2D eigenvalue weighted by molar-refractivity contribution is -0.124. The van der Waals surface area contributed by atoms with Gasteiger partial charge in [-0.25, -0.2) is 0 Å². The number of halogens is 1. The van der Waals surface area contributed by atoms with Crippen LogP contribution < -0.4 is 15.8 Å². The molecule has 3 N–H and O–H groups in total. The molecule has 0 spiro atoms. The zero-order valence-electron chi connectivity index (χ0n) is 14.8. The molecule has 3 unspecified atom stereocenters. The molecule has 1 aromatic rings. The van der Waals surface area contributed by atoms with E-state index < -0.39 is 6.04 Å². The Labute approximate surface area is 155 Å². The second-order valence-electron chi connectivity index (χ2n) is 6.66. The fraction of sp³-hybridized carbons (Fsp3) is 0.611. The lowest BCUT2D eigenvalue weighted by Crippen LogP contribution is -2.49. The molecular weight excluding hydrogens is 342 g/mol. The van der Waals surface area contributed by atoms with Gasteiger partial charge in [-0.2, -0.15) is 0 Å². The van der Waals surface area contributed by atoms with Gasteiger partial charge >= 0.3 is 0 Å². The van der Waals surface area contributed by atoms with Gasteiger partial charge in [-0.1, -0.05) is 12.1 Å². The van der Waals surface area contributed by atoms with E-state index in [-0.39, 0.29) is 37.0 Å². The molecule has 1 saturated heterocycles. The summed E-state index contributed by atoms with van der Waals surface area (Å²) in [6.45, 7) is 1.23. The molecule has 1 aromatic carbocycles. The maximum atomic E-state index is 12.3. The van der Waals surface area contributed by atoms with E-state index in [4.69, 9.17) is 15.2 Å². The minimum Gasteiger partial charge on any atom is -0.497 e. The minimum atomic E-state index is -0.629. The molecule has 0 aromatic heterocycles. The number of amides is 1. The van der Waals surface area contributed by atoms with Crippen LogP contribution >= 0.6 is 12.4 Å². The molecule has 1 heterocycles. The number of hydrogen-bond donors (Lipinski definition) is 2. The van der Waals surface area contributed by atoms with Crippen LogP contribution in [0.2, 0.25) is 0 Å². The molecule has 1 saturated carbocycles. The van der Waals surface area contributed by atoms with Gasteiger partial charge < -0.3 is 20.5 Å². The van der Waals surface area contributed by atoms with Crippen molar-refractivity contribution in [1.82, 2.24) is 10.2 Å². The minimum absolute atomic E-state index is 0. The topological polar surface area (TPSA) is 76.8 Å². The number of benzene rings is 1. The van der Waals surface area contributed by atoms with E-state index in [1.54, 1.807) is 14.2 Å². The normalized spacial score (nSPS) is 24.4. The highest BCUT2D eigenvalue weighted by Crippen LogP contribution is 2.41. The molecule has 2 aliphatic rings. The van der Waals surface area contributed by atoms with Crippen molar-refractivity contribution in [3.63, 3.8) is 0 Å². The molecule has 0 bridgehead atoms. The Morgan fingerprint density at radius 3 is 2.76 bits per heavy atom. The first-order valence-corrected chi connectivity index (χ1v) is 8.58. The Bertz CT molecular complexity index is 582. The van der Waals surface area contributed by atoms with Gasteiger partial charge in [-0.3, -0.25) is 9.69 Å². The molecule has 140 valence electrons. The Kier molecular flexibility index (Phi) is 7.07. The molecule has 7 heteroatoms. The molecule has 2 fully saturated rings. The zero-order chi connectivity index (χ0) is 17.1. The van der Waals surface area contributed by atoms with Crippen LogP contribution in [0.3, 0.4) is 0 Å². The van der Waals surface area contributed by atoms with Gasteiger partial charge in [-0.15, -0.1) is 12.4 Å². The summed E-state index contributed by atoms with van der Waals surface area (Å²) < 4.78 is 10.4. The fourth-order valence-corrected chi connectivity index (χ4v) is 3.58. The summed E-state index contributed by atoms with van der Waals surface area (Å²) in [5.74, 6) is 0.698. The standard InChI is InChI=1S/C18H27N3O3.ClH/c1-23-11-15(19)18(22)20-16-8-9-21(13-6-7-13)17(16)12-4-3-5-14(10-12)24-2;/h3-5,10,13,15-17H,6-9,11,19H2,1-2H3,(H,20,22);1H. The highest BCUT2D eigenvalue weighted by Gasteiger charge is 2.43. The van der Waals surface area contributed by atoms with Crippen LogP contribution in [-0.2, 0) is 9.53 Å². The van der Waals surface area contributed by atoms with Gasteiger partial charge in [0.2, 0.25) is 5.91 Å². The summed E-state index contributed by atoms with van der Waals surface area (Å²) in [7, 11) is 3.23. The molecular formula is C18H28ClN3O3. The summed E-state index contributed by atoms with van der Waals surface area (Å²) in [5, 5.41) is 3.14. The highest BCUT2D eigenvalue weighted by molar-refractivity contribution is 5.85. The average molecular weight is 370 g/mol. The smallest absolute Gasteiger partial charge is 0.239 e. The van der Waals surface area contributed by atoms with Gasteiger partial charge in [0, 0.05) is 25.7 Å². The molecule has 6 nitrogen and oxygen atoms in total. The van der Waals surface area contributed by atoms with Crippen molar-refractivity contribution in [2.75, 3.05) is 27.4 Å². The van der Waals surface area contributed by atoms with Crippen LogP contribution in [0.1, 0.15) is 30.9 Å². The van der Waals surface area contributed by atoms with Crippen molar-refractivity contribution in [2.24, 2.45) is 5.73 Å². The number of rotatable bonds is 7. The highest BCUT2D eigenvalue weighted by atomic mass is 35.5. The van der Waals surface area contributed by atoms with Gasteiger partial charge in [0.05, 0.1) is 19.8 Å². The Morgan fingerprint density at radius 2 is 2.12 bits per heavy atom. The van der Waals surface area contributed by atoms with E-state index in [9.17, 15) is 4.79 Å². The van der Waals surface area contributed by atoms with Gasteiger partial charge in [0.25, 0.3) is 0 Å². The number of nitrogens with one attached hydrogen (secondary N) is 1. The summed E-state index contributed by atoms with van der Waals surface area (Å²) in [6, 6.07) is 8.38. The molecule has 25 heavy (non-hydrogen) atoms. The van der Waals surface area contributed by atoms with Crippen molar-refractivity contribution >= 4 is 18.3 Å². The monoisotopic (exact) mass is 369 g/mol. The van der Waals surface area contributed by atoms with E-state index in [1.165, 1.54) is 18.4 Å². The van der Waals surface area contributed by atoms with Gasteiger partial charge in [-0.05, 0) is 37.0 Å². The van der Waals surface area contributed by atoms with E-state index in [0.717, 1.165) is 18.7 Å². The number of carbonyl (C=O) groups excluding carboxylic acids is 1. The third-order valence-electron chi connectivity index (χ3n) is 4.90. The quantitative estimate of drug-likeness (QED) is 0.761. The Balaban J connectivity index is 0.00000225. The number of nitrogens with two attached hydrogens (primary N) is 1. The molecule has 3 rings (SSSR count). The van der Waals surface area contributed by atoms with E-state index >= 15 is 0 Å². The Morgan fingerprint density at radius 1 is 1.36 bits per heavy atom. The fourth-order valence-electron chi connectivity index (χ4n) is 3.58. The van der Waals surface area contributed by atoms with Crippen LogP contribution in [0, 0.1) is 0 Å². The predicted octanol–water partition coefficient (Wildman–Crippen LogP) is 1.48. The van der Waals surface area contributed by atoms with Crippen molar-refractivity contribution in [3.05, 3.63) is 29.8 Å². The summed E-state index contributed by atoms with van der Waals surface area (Å²) in [4.78, 5) is 14.8. The number of methoxy groups -OCH3 is 2. The van der Waals surface area contributed by atoms with E-state index in [2.05, 4.69) is 22.3 Å². The van der Waals surface area contributed by atoms with E-state index in [0.29, 0.717) is 6.04 Å². The number of nitrogens with zero attached hydrogens (tertiary/aromatic N) is 1. The largest absolute Gasteiger partial charge is 0.497 e. The second kappa shape index (κ2) is 8.85. The summed E-state index contributed by atoms with van der Waals surface area (Å²) in [5.41, 5.74) is 7.06. The summed E-state index contributed by atoms with van der Waals surface area (Å²) in [6.07, 6.45) is 3.42. The van der Waals surface area contributed by atoms with Crippen LogP contribution in [-0.4, -0.2) is 56.3 Å². The first kappa shape index (κ1) is 20.0. The van der Waals surface area contributed by atoms with Crippen molar-refractivity contribution in [3.8, 4) is 5.75 Å². The number of ether oxygens (including phenoxy) is 2. The first-order valence-electron chi connectivity index (χ1n) is 8.58. The van der Waals surface area contributed by atoms with Crippen LogP contribution in [0.15, 0.2) is 24.3 Å². The molecule has 1 amide bonds. The Hall–Kier alpha value is -1.34. The maximum Gasteiger partial charge on any atom is 0.239 e. The molecule has 3 atom stereocenters. The average Bonchev–Trinajstić information content (AvgIpc) is 3.36. The van der Waals surface area contributed by atoms with Crippen molar-refractivity contribution < 1.29 is 14.3 Å². The maximum absolute atomic E-state index is 12.3. The van der Waals surface area contributed by atoms with Gasteiger partial charge in [0.1, 0.15) is 11.8 Å². The lowest BCUT2D eigenvalue weighted by Gasteiger charge is -2.30. The lowest BCUT2D eigenvalue weighted by atomic mass is 9.99. The van der Waals surface area contributed by atoms with Crippen molar-refractivity contribution in [1.29, 1.82) is 0 Å². The van der Waals surface area contributed by atoms with Crippen molar-refractivity contribution in [2.45, 2.75) is 43.4 Å². The second-order valence-corrected chi connectivity index (χ2v) is 6.66. The zero-order valence-corrected chi connectivity index (χ0v) is 15.6. The van der Waals surface area contributed by atoms with Crippen LogP contribution in [0.5, 0.6) is 5.75 Å². The van der Waals surface area contributed by atoms with Gasteiger partial charge in [0.15, 0.2) is 0 Å². The van der Waals surface area contributed by atoms with E-state index in [1.807, 2.05) is 12.1 Å². The third kappa shape index (κ3) is 4.64.